The van der Waals surface area contributed by atoms with Gasteiger partial charge in [0.25, 0.3) is 0 Å². The summed E-state index contributed by atoms with van der Waals surface area (Å²) in [7, 11) is 0. The van der Waals surface area contributed by atoms with Crippen molar-refractivity contribution in [2.24, 2.45) is 0 Å². The number of carbonyl (C=O) groups is 1. The van der Waals surface area contributed by atoms with Gasteiger partial charge in [-0.05, 0) is 38.8 Å². The molecule has 0 aliphatic carbocycles. The summed E-state index contributed by atoms with van der Waals surface area (Å²) in [4.78, 5) is 16.1. The van der Waals surface area contributed by atoms with Gasteiger partial charge in [-0.2, -0.15) is 4.98 Å². The maximum absolute atomic E-state index is 11.9. The Kier molecular flexibility index (Phi) is 5.27. The molecule has 0 spiro atoms. The fourth-order valence-corrected chi connectivity index (χ4v) is 2.52. The topological polar surface area (TPSA) is 107 Å². The van der Waals surface area contributed by atoms with Crippen LogP contribution in [0.25, 0.3) is 11.6 Å². The highest BCUT2D eigenvalue weighted by molar-refractivity contribution is 5.75. The van der Waals surface area contributed by atoms with Gasteiger partial charge in [-0.3, -0.25) is 4.79 Å². The first-order valence-corrected chi connectivity index (χ1v) is 8.18. The quantitative estimate of drug-likeness (QED) is 0.626. The molecule has 3 rings (SSSR count). The smallest absolute Gasteiger partial charge is 0.238 e. The van der Waals surface area contributed by atoms with Gasteiger partial charge in [0.2, 0.25) is 17.6 Å². The van der Waals surface area contributed by atoms with E-state index in [9.17, 15) is 4.79 Å². The molecule has 25 heavy (non-hydrogen) atoms. The van der Waals surface area contributed by atoms with Crippen LogP contribution in [0.15, 0.2) is 31.9 Å². The molecule has 0 saturated carbocycles. The molecule has 3 aromatic heterocycles. The van der Waals surface area contributed by atoms with Crippen molar-refractivity contribution < 1.29 is 18.3 Å². The molecule has 1 N–H and O–H groups in total. The lowest BCUT2D eigenvalue weighted by molar-refractivity contribution is -0.121. The molecule has 0 unspecified atom stereocenters. The van der Waals surface area contributed by atoms with Crippen molar-refractivity contribution in [3.63, 3.8) is 0 Å². The molecule has 3 aromatic rings. The number of furan rings is 1. The van der Waals surface area contributed by atoms with Gasteiger partial charge < -0.3 is 18.8 Å². The van der Waals surface area contributed by atoms with Crippen molar-refractivity contribution in [1.82, 2.24) is 20.6 Å². The second kappa shape index (κ2) is 7.78. The molecule has 3 heterocycles. The third kappa shape index (κ3) is 4.34. The van der Waals surface area contributed by atoms with Crippen molar-refractivity contribution in [2.45, 2.75) is 39.5 Å². The average Bonchev–Trinajstić information content (AvgIpc) is 3.33. The van der Waals surface area contributed by atoms with Crippen molar-refractivity contribution in [3.05, 3.63) is 41.3 Å². The minimum atomic E-state index is -0.0449. The number of nitrogens with zero attached hydrogens (tertiary/aromatic N) is 3. The van der Waals surface area contributed by atoms with Crippen molar-refractivity contribution in [1.29, 1.82) is 0 Å². The molecule has 0 saturated heterocycles. The highest BCUT2D eigenvalue weighted by Gasteiger charge is 2.12. The largest absolute Gasteiger partial charge is 0.461 e. The van der Waals surface area contributed by atoms with Crippen LogP contribution in [0.5, 0.6) is 0 Å². The third-order valence-electron chi connectivity index (χ3n) is 3.88. The summed E-state index contributed by atoms with van der Waals surface area (Å²) in [5, 5.41) is 10.6. The molecule has 0 atom stereocenters. The van der Waals surface area contributed by atoms with Crippen molar-refractivity contribution >= 4 is 5.91 Å². The summed E-state index contributed by atoms with van der Waals surface area (Å²) in [6.45, 7) is 4.42. The molecule has 132 valence electrons. The Balaban J connectivity index is 1.37. The lowest BCUT2D eigenvalue weighted by Crippen LogP contribution is -2.25. The molecular weight excluding hydrogens is 324 g/mol. The summed E-state index contributed by atoms with van der Waals surface area (Å²) < 4.78 is 15.4. The van der Waals surface area contributed by atoms with E-state index in [1.165, 1.54) is 0 Å². The molecule has 8 nitrogen and oxygen atoms in total. The van der Waals surface area contributed by atoms with Gasteiger partial charge in [0.15, 0.2) is 5.76 Å². The fourth-order valence-electron chi connectivity index (χ4n) is 2.52. The van der Waals surface area contributed by atoms with Crippen LogP contribution in [0.4, 0.5) is 0 Å². The van der Waals surface area contributed by atoms with Gasteiger partial charge >= 0.3 is 0 Å². The molecule has 0 bridgehead atoms. The van der Waals surface area contributed by atoms with Crippen molar-refractivity contribution in [2.75, 3.05) is 6.54 Å². The molecule has 8 heteroatoms. The monoisotopic (exact) mass is 344 g/mol. The molecule has 0 aromatic carbocycles. The number of hydrogen-bond acceptors (Lipinski definition) is 7. The van der Waals surface area contributed by atoms with Gasteiger partial charge in [-0.25, -0.2) is 0 Å². The minimum Gasteiger partial charge on any atom is -0.461 e. The van der Waals surface area contributed by atoms with E-state index in [2.05, 4.69) is 20.6 Å². The standard InChI is InChI=1S/C17H20N4O4/c1-11-13(12(2)24-20-11)5-3-9-18-15(22)7-8-16-19-17(21-25-16)14-6-4-10-23-14/h4,6,10H,3,5,7-9H2,1-2H3,(H,18,22). The van der Waals surface area contributed by atoms with E-state index in [1.807, 2.05) is 13.8 Å². The van der Waals surface area contributed by atoms with Gasteiger partial charge in [0, 0.05) is 24.9 Å². The molecular formula is C17H20N4O4. The average molecular weight is 344 g/mol. The van der Waals surface area contributed by atoms with Crippen LogP contribution in [0.2, 0.25) is 0 Å². The van der Waals surface area contributed by atoms with Gasteiger partial charge in [-0.15, -0.1) is 0 Å². The first-order valence-electron chi connectivity index (χ1n) is 8.18. The Morgan fingerprint density at radius 1 is 1.20 bits per heavy atom. The highest BCUT2D eigenvalue weighted by Crippen LogP contribution is 2.16. The Bertz CT molecular complexity index is 800. The number of carbonyl (C=O) groups excluding carboxylic acids is 1. The molecule has 0 radical (unpaired) electrons. The summed E-state index contributed by atoms with van der Waals surface area (Å²) >= 11 is 0. The minimum absolute atomic E-state index is 0.0449. The molecule has 0 aliphatic rings. The SMILES string of the molecule is Cc1noc(C)c1CCCNC(=O)CCc1nc(-c2ccco2)no1. The summed E-state index contributed by atoms with van der Waals surface area (Å²) in [5.74, 6) is 2.14. The van der Waals surface area contributed by atoms with E-state index in [0.717, 1.165) is 29.9 Å². The first-order chi connectivity index (χ1) is 12.1. The zero-order chi connectivity index (χ0) is 17.6. The zero-order valence-electron chi connectivity index (χ0n) is 14.2. The Morgan fingerprint density at radius 2 is 2.08 bits per heavy atom. The number of aryl methyl sites for hydroxylation is 3. The van der Waals surface area contributed by atoms with E-state index in [4.69, 9.17) is 13.5 Å². The fraction of sp³-hybridized carbons (Fsp3) is 0.412. The van der Waals surface area contributed by atoms with Crippen LogP contribution >= 0.6 is 0 Å². The Morgan fingerprint density at radius 3 is 2.80 bits per heavy atom. The molecule has 1 amide bonds. The maximum Gasteiger partial charge on any atom is 0.238 e. The number of nitrogens with one attached hydrogen (secondary N) is 1. The second-order valence-corrected chi connectivity index (χ2v) is 5.75. The van der Waals surface area contributed by atoms with E-state index in [0.29, 0.717) is 36.9 Å². The highest BCUT2D eigenvalue weighted by atomic mass is 16.5. The van der Waals surface area contributed by atoms with Gasteiger partial charge in [0.1, 0.15) is 5.76 Å². The summed E-state index contributed by atoms with van der Waals surface area (Å²) in [5.41, 5.74) is 2.03. The maximum atomic E-state index is 11.9. The van der Waals surface area contributed by atoms with Gasteiger partial charge in [0.05, 0.1) is 12.0 Å². The molecule has 0 fully saturated rings. The number of rotatable bonds is 8. The van der Waals surface area contributed by atoms with Crippen LogP contribution in [0.1, 0.15) is 35.7 Å². The zero-order valence-corrected chi connectivity index (χ0v) is 14.2. The van der Waals surface area contributed by atoms with Crippen molar-refractivity contribution in [3.8, 4) is 11.6 Å². The van der Waals surface area contributed by atoms with E-state index in [-0.39, 0.29) is 5.91 Å². The van der Waals surface area contributed by atoms with Crippen LogP contribution < -0.4 is 5.32 Å². The van der Waals surface area contributed by atoms with Crippen LogP contribution in [-0.2, 0) is 17.6 Å². The number of hydrogen-bond donors (Lipinski definition) is 1. The molecule has 0 aliphatic heterocycles. The summed E-state index contributed by atoms with van der Waals surface area (Å²) in [6.07, 6.45) is 3.89. The first kappa shape index (κ1) is 16.9. The van der Waals surface area contributed by atoms with Crippen LogP contribution in [0.3, 0.4) is 0 Å². The third-order valence-corrected chi connectivity index (χ3v) is 3.88. The lowest BCUT2D eigenvalue weighted by atomic mass is 10.1. The normalized spacial score (nSPS) is 11.0. The van der Waals surface area contributed by atoms with Crippen LogP contribution in [-0.4, -0.2) is 27.7 Å². The Labute approximate surface area is 144 Å². The predicted octanol–water partition coefficient (Wildman–Crippen LogP) is 2.62. The Hall–Kier alpha value is -2.90. The second-order valence-electron chi connectivity index (χ2n) is 5.75. The van der Waals surface area contributed by atoms with Crippen LogP contribution in [0, 0.1) is 13.8 Å². The summed E-state index contributed by atoms with van der Waals surface area (Å²) in [6, 6.07) is 3.50. The van der Waals surface area contributed by atoms with Gasteiger partial charge in [-0.1, -0.05) is 10.3 Å². The number of amides is 1. The lowest BCUT2D eigenvalue weighted by Gasteiger charge is -2.04. The van der Waals surface area contributed by atoms with E-state index in [1.54, 1.807) is 18.4 Å². The van der Waals surface area contributed by atoms with E-state index < -0.39 is 0 Å². The predicted molar refractivity (Wildman–Crippen MR) is 87.6 cm³/mol. The van der Waals surface area contributed by atoms with E-state index >= 15 is 0 Å². The number of aromatic nitrogens is 3.